The highest BCUT2D eigenvalue weighted by molar-refractivity contribution is 9.10. The van der Waals surface area contributed by atoms with E-state index < -0.39 is 0 Å². The fourth-order valence-corrected chi connectivity index (χ4v) is 3.39. The zero-order valence-electron chi connectivity index (χ0n) is 12.1. The van der Waals surface area contributed by atoms with Crippen LogP contribution in [0.1, 0.15) is 23.5 Å². The molecule has 1 aromatic rings. The van der Waals surface area contributed by atoms with Crippen molar-refractivity contribution < 1.29 is 4.79 Å². The van der Waals surface area contributed by atoms with Crippen LogP contribution in [0.25, 0.3) is 0 Å². The lowest BCUT2D eigenvalue weighted by Gasteiger charge is -2.25. The van der Waals surface area contributed by atoms with E-state index in [0.717, 1.165) is 29.0 Å². The highest BCUT2D eigenvalue weighted by Crippen LogP contribution is 2.23. The number of thiophene rings is 1. The number of Topliss-reactive ketones (excluding diaryl/α,β-unsaturated/α-hetero) is 1. The standard InChI is InChI=1S/C14H23BrN2OS/c1-11(2)9-17(7-6-16(3)4)10-13(18)14-12(15)5-8-19-14/h5,8,11H,6-7,9-10H2,1-4H3. The summed E-state index contributed by atoms with van der Waals surface area (Å²) in [5, 5.41) is 1.95. The smallest absolute Gasteiger partial charge is 0.187 e. The van der Waals surface area contributed by atoms with E-state index in [1.165, 1.54) is 11.3 Å². The average molecular weight is 347 g/mol. The van der Waals surface area contributed by atoms with Gasteiger partial charge in [0.1, 0.15) is 0 Å². The second-order valence-corrected chi connectivity index (χ2v) is 7.22. The van der Waals surface area contributed by atoms with Crippen LogP contribution < -0.4 is 0 Å². The SMILES string of the molecule is CC(C)CN(CCN(C)C)CC(=O)c1sccc1Br. The fourth-order valence-electron chi connectivity index (χ4n) is 1.86. The lowest BCUT2D eigenvalue weighted by molar-refractivity contribution is 0.0919. The van der Waals surface area contributed by atoms with Crippen molar-refractivity contribution in [2.75, 3.05) is 40.3 Å². The Kier molecular flexibility index (Phi) is 7.21. The summed E-state index contributed by atoms with van der Waals surface area (Å²) in [5.41, 5.74) is 0. The van der Waals surface area contributed by atoms with Gasteiger partial charge in [-0.15, -0.1) is 11.3 Å². The lowest BCUT2D eigenvalue weighted by atomic mass is 10.2. The fraction of sp³-hybridized carbons (Fsp3) is 0.643. The average Bonchev–Trinajstić information content (AvgIpc) is 2.71. The molecule has 1 heterocycles. The van der Waals surface area contributed by atoms with Gasteiger partial charge in [0.25, 0.3) is 0 Å². The molecule has 0 saturated carbocycles. The lowest BCUT2D eigenvalue weighted by Crippen LogP contribution is -2.37. The highest BCUT2D eigenvalue weighted by atomic mass is 79.9. The van der Waals surface area contributed by atoms with Crippen LogP contribution in [0, 0.1) is 5.92 Å². The number of hydrogen-bond acceptors (Lipinski definition) is 4. The number of likely N-dealkylation sites (N-methyl/N-ethyl adjacent to an activating group) is 1. The Morgan fingerprint density at radius 2 is 2.05 bits per heavy atom. The monoisotopic (exact) mass is 346 g/mol. The molecule has 0 aliphatic heterocycles. The van der Waals surface area contributed by atoms with Crippen molar-refractivity contribution in [3.8, 4) is 0 Å². The molecule has 0 N–H and O–H groups in total. The number of carbonyl (C=O) groups is 1. The Labute approximate surface area is 128 Å². The quantitative estimate of drug-likeness (QED) is 0.675. The van der Waals surface area contributed by atoms with Gasteiger partial charge in [0, 0.05) is 24.1 Å². The van der Waals surface area contributed by atoms with Crippen LogP contribution in [0.15, 0.2) is 15.9 Å². The number of nitrogens with zero attached hydrogens (tertiary/aromatic N) is 2. The Hall–Kier alpha value is -0.230. The molecule has 5 heteroatoms. The van der Waals surface area contributed by atoms with Crippen molar-refractivity contribution >= 4 is 33.0 Å². The van der Waals surface area contributed by atoms with Gasteiger partial charge in [-0.3, -0.25) is 9.69 Å². The Balaban J connectivity index is 2.60. The first-order valence-corrected chi connectivity index (χ1v) is 8.20. The summed E-state index contributed by atoms with van der Waals surface area (Å²) in [5.74, 6) is 0.781. The van der Waals surface area contributed by atoms with Gasteiger partial charge in [0.15, 0.2) is 5.78 Å². The molecule has 108 valence electrons. The van der Waals surface area contributed by atoms with E-state index in [9.17, 15) is 4.79 Å². The minimum Gasteiger partial charge on any atom is -0.308 e. The molecule has 3 nitrogen and oxygen atoms in total. The molecule has 0 saturated heterocycles. The normalized spacial score (nSPS) is 11.8. The molecule has 0 amide bonds. The van der Waals surface area contributed by atoms with Gasteiger partial charge in [0.05, 0.1) is 11.4 Å². The van der Waals surface area contributed by atoms with Crippen LogP contribution in [0.3, 0.4) is 0 Å². The molecular weight excluding hydrogens is 324 g/mol. The summed E-state index contributed by atoms with van der Waals surface area (Å²) >= 11 is 4.94. The zero-order chi connectivity index (χ0) is 14.4. The summed E-state index contributed by atoms with van der Waals surface area (Å²) in [7, 11) is 4.12. The summed E-state index contributed by atoms with van der Waals surface area (Å²) in [6.45, 7) is 7.75. The molecule has 0 bridgehead atoms. The second-order valence-electron chi connectivity index (χ2n) is 5.45. The molecule has 0 aromatic carbocycles. The molecule has 0 atom stereocenters. The van der Waals surface area contributed by atoms with Gasteiger partial charge in [-0.2, -0.15) is 0 Å². The van der Waals surface area contributed by atoms with E-state index in [1.54, 1.807) is 0 Å². The molecule has 0 aliphatic carbocycles. The maximum absolute atomic E-state index is 12.3. The molecule has 0 spiro atoms. The third-order valence-electron chi connectivity index (χ3n) is 2.72. The van der Waals surface area contributed by atoms with E-state index in [0.29, 0.717) is 12.5 Å². The van der Waals surface area contributed by atoms with Crippen LogP contribution >= 0.6 is 27.3 Å². The van der Waals surface area contributed by atoms with Crippen LogP contribution in [0.2, 0.25) is 0 Å². The first-order valence-electron chi connectivity index (χ1n) is 6.53. The van der Waals surface area contributed by atoms with E-state index >= 15 is 0 Å². The summed E-state index contributed by atoms with van der Waals surface area (Å²) < 4.78 is 0.916. The Morgan fingerprint density at radius 1 is 1.37 bits per heavy atom. The third-order valence-corrected chi connectivity index (χ3v) is 4.60. The van der Waals surface area contributed by atoms with Gasteiger partial charge in [-0.25, -0.2) is 0 Å². The third kappa shape index (κ3) is 6.17. The number of hydrogen-bond donors (Lipinski definition) is 0. The van der Waals surface area contributed by atoms with E-state index in [2.05, 4.69) is 53.7 Å². The van der Waals surface area contributed by atoms with E-state index in [1.807, 2.05) is 11.4 Å². The second kappa shape index (κ2) is 8.15. The molecule has 0 fully saturated rings. The maximum Gasteiger partial charge on any atom is 0.187 e. The summed E-state index contributed by atoms with van der Waals surface area (Å²) in [6, 6.07) is 1.94. The van der Waals surface area contributed by atoms with Crippen LogP contribution in [-0.4, -0.2) is 55.9 Å². The first-order chi connectivity index (χ1) is 8.90. The van der Waals surface area contributed by atoms with Crippen molar-refractivity contribution in [3.05, 3.63) is 20.8 Å². The maximum atomic E-state index is 12.3. The van der Waals surface area contributed by atoms with Crippen LogP contribution in [-0.2, 0) is 0 Å². The Morgan fingerprint density at radius 3 is 2.53 bits per heavy atom. The van der Waals surface area contributed by atoms with E-state index in [-0.39, 0.29) is 5.78 Å². The van der Waals surface area contributed by atoms with Gasteiger partial charge in [-0.1, -0.05) is 13.8 Å². The number of rotatable bonds is 8. The zero-order valence-corrected chi connectivity index (χ0v) is 14.6. The Bertz CT molecular complexity index is 404. The molecule has 0 aliphatic rings. The molecular formula is C14H23BrN2OS. The van der Waals surface area contributed by atoms with Crippen molar-refractivity contribution in [3.63, 3.8) is 0 Å². The largest absolute Gasteiger partial charge is 0.308 e. The van der Waals surface area contributed by atoms with Gasteiger partial charge < -0.3 is 4.90 Å². The van der Waals surface area contributed by atoms with E-state index in [4.69, 9.17) is 0 Å². The minimum absolute atomic E-state index is 0.210. The topological polar surface area (TPSA) is 23.6 Å². The number of ketones is 1. The minimum atomic E-state index is 0.210. The summed E-state index contributed by atoms with van der Waals surface area (Å²) in [6.07, 6.45) is 0. The predicted octanol–water partition coefficient (Wildman–Crippen LogP) is 3.21. The van der Waals surface area contributed by atoms with Gasteiger partial charge >= 0.3 is 0 Å². The summed E-state index contributed by atoms with van der Waals surface area (Å²) in [4.78, 5) is 17.5. The van der Waals surface area contributed by atoms with Gasteiger partial charge in [-0.05, 0) is 47.4 Å². The number of halogens is 1. The predicted molar refractivity (Wildman–Crippen MR) is 86.2 cm³/mol. The van der Waals surface area contributed by atoms with Gasteiger partial charge in [0.2, 0.25) is 0 Å². The molecule has 1 rings (SSSR count). The number of carbonyl (C=O) groups excluding carboxylic acids is 1. The van der Waals surface area contributed by atoms with Crippen molar-refractivity contribution in [2.45, 2.75) is 13.8 Å². The van der Waals surface area contributed by atoms with Crippen molar-refractivity contribution in [1.29, 1.82) is 0 Å². The highest BCUT2D eigenvalue weighted by Gasteiger charge is 2.17. The van der Waals surface area contributed by atoms with Crippen LogP contribution in [0.4, 0.5) is 0 Å². The molecule has 19 heavy (non-hydrogen) atoms. The molecule has 1 aromatic heterocycles. The van der Waals surface area contributed by atoms with Crippen LogP contribution in [0.5, 0.6) is 0 Å². The molecule has 0 unspecified atom stereocenters. The van der Waals surface area contributed by atoms with Crippen molar-refractivity contribution in [1.82, 2.24) is 9.80 Å². The van der Waals surface area contributed by atoms with Crippen molar-refractivity contribution in [2.24, 2.45) is 5.92 Å². The molecule has 0 radical (unpaired) electrons. The first kappa shape index (κ1) is 16.8.